The number of benzene rings is 1. The van der Waals surface area contributed by atoms with Gasteiger partial charge in [0, 0.05) is 18.8 Å². The number of nitrogens with two attached hydrogens (primary N) is 1. The van der Waals surface area contributed by atoms with E-state index in [0.29, 0.717) is 0 Å². The van der Waals surface area contributed by atoms with Crippen LogP contribution in [0.5, 0.6) is 5.75 Å². The quantitative estimate of drug-likeness (QED) is 0.849. The fourth-order valence-electron chi connectivity index (χ4n) is 3.57. The van der Waals surface area contributed by atoms with Crippen molar-refractivity contribution in [3.8, 4) is 5.75 Å². The Labute approximate surface area is 115 Å². The predicted molar refractivity (Wildman–Crippen MR) is 78.4 cm³/mol. The molecule has 1 saturated carbocycles. The molecule has 1 saturated heterocycles. The van der Waals surface area contributed by atoms with Gasteiger partial charge in [-0.2, -0.15) is 0 Å². The topological polar surface area (TPSA) is 38.5 Å². The SMILES string of the molecule is CC(N)Oc1ccc(N2CC3CCCCC3C2)cc1. The molecule has 3 nitrogen and oxygen atoms in total. The summed E-state index contributed by atoms with van der Waals surface area (Å²) in [4.78, 5) is 2.54. The average Bonchev–Trinajstić information content (AvgIpc) is 2.82. The number of anilines is 1. The summed E-state index contributed by atoms with van der Waals surface area (Å²) in [6.07, 6.45) is 5.45. The molecular formula is C16H24N2O. The van der Waals surface area contributed by atoms with Gasteiger partial charge in [0.15, 0.2) is 0 Å². The van der Waals surface area contributed by atoms with Crippen LogP contribution in [0.3, 0.4) is 0 Å². The second kappa shape index (κ2) is 5.41. The molecule has 2 aliphatic rings. The van der Waals surface area contributed by atoms with Gasteiger partial charge in [0.25, 0.3) is 0 Å². The third-order valence-corrected chi connectivity index (χ3v) is 4.50. The number of hydrogen-bond donors (Lipinski definition) is 1. The van der Waals surface area contributed by atoms with E-state index in [2.05, 4.69) is 17.0 Å². The van der Waals surface area contributed by atoms with E-state index in [1.165, 1.54) is 44.5 Å². The summed E-state index contributed by atoms with van der Waals surface area (Å²) in [6.45, 7) is 4.31. The second-order valence-electron chi connectivity index (χ2n) is 6.03. The van der Waals surface area contributed by atoms with Crippen molar-refractivity contribution in [1.29, 1.82) is 0 Å². The molecule has 0 radical (unpaired) electrons. The van der Waals surface area contributed by atoms with Crippen molar-refractivity contribution in [2.45, 2.75) is 38.8 Å². The first kappa shape index (κ1) is 12.8. The molecule has 19 heavy (non-hydrogen) atoms. The Bertz CT molecular complexity index is 401. The molecule has 0 bridgehead atoms. The molecule has 0 aromatic heterocycles. The van der Waals surface area contributed by atoms with Gasteiger partial charge >= 0.3 is 0 Å². The van der Waals surface area contributed by atoms with Crippen LogP contribution in [-0.4, -0.2) is 19.3 Å². The molecule has 2 fully saturated rings. The van der Waals surface area contributed by atoms with Gasteiger partial charge in [-0.3, -0.25) is 5.73 Å². The number of nitrogens with zero attached hydrogens (tertiary/aromatic N) is 1. The van der Waals surface area contributed by atoms with Crippen molar-refractivity contribution in [2.75, 3.05) is 18.0 Å². The Balaban J connectivity index is 1.66. The van der Waals surface area contributed by atoms with Crippen LogP contribution in [0.4, 0.5) is 5.69 Å². The Morgan fingerprint density at radius 2 is 1.68 bits per heavy atom. The highest BCUT2D eigenvalue weighted by atomic mass is 16.5. The van der Waals surface area contributed by atoms with Gasteiger partial charge in [0.1, 0.15) is 12.0 Å². The lowest BCUT2D eigenvalue weighted by atomic mass is 9.82. The molecule has 1 aromatic rings. The summed E-state index contributed by atoms with van der Waals surface area (Å²) in [5.74, 6) is 2.71. The second-order valence-corrected chi connectivity index (χ2v) is 6.03. The average molecular weight is 260 g/mol. The maximum absolute atomic E-state index is 5.63. The highest BCUT2D eigenvalue weighted by molar-refractivity contribution is 5.50. The lowest BCUT2D eigenvalue weighted by Gasteiger charge is -2.22. The van der Waals surface area contributed by atoms with E-state index < -0.39 is 0 Å². The van der Waals surface area contributed by atoms with E-state index in [1.807, 2.05) is 19.1 Å². The Morgan fingerprint density at radius 3 is 2.21 bits per heavy atom. The van der Waals surface area contributed by atoms with E-state index in [9.17, 15) is 0 Å². The van der Waals surface area contributed by atoms with E-state index in [0.717, 1.165) is 17.6 Å². The zero-order valence-electron chi connectivity index (χ0n) is 11.7. The van der Waals surface area contributed by atoms with Crippen molar-refractivity contribution in [3.05, 3.63) is 24.3 Å². The van der Waals surface area contributed by atoms with Crippen LogP contribution in [-0.2, 0) is 0 Å². The number of fused-ring (bicyclic) bond motifs is 1. The molecule has 3 unspecified atom stereocenters. The van der Waals surface area contributed by atoms with Crippen molar-refractivity contribution >= 4 is 5.69 Å². The third-order valence-electron chi connectivity index (χ3n) is 4.50. The Morgan fingerprint density at radius 1 is 1.11 bits per heavy atom. The van der Waals surface area contributed by atoms with Crippen LogP contribution in [0.25, 0.3) is 0 Å². The van der Waals surface area contributed by atoms with Gasteiger partial charge in [-0.15, -0.1) is 0 Å². The van der Waals surface area contributed by atoms with Crippen LogP contribution < -0.4 is 15.4 Å². The monoisotopic (exact) mass is 260 g/mol. The highest BCUT2D eigenvalue weighted by Gasteiger charge is 2.34. The molecule has 3 rings (SSSR count). The Hall–Kier alpha value is -1.22. The minimum atomic E-state index is -0.250. The first-order valence-electron chi connectivity index (χ1n) is 7.49. The van der Waals surface area contributed by atoms with Crippen molar-refractivity contribution in [3.63, 3.8) is 0 Å². The Kier molecular flexibility index (Phi) is 3.65. The predicted octanol–water partition coefficient (Wildman–Crippen LogP) is 3.00. The summed E-state index contributed by atoms with van der Waals surface area (Å²) in [7, 11) is 0. The van der Waals surface area contributed by atoms with Crippen molar-refractivity contribution in [1.82, 2.24) is 0 Å². The van der Waals surface area contributed by atoms with Crippen LogP contribution >= 0.6 is 0 Å². The van der Waals surface area contributed by atoms with Crippen molar-refractivity contribution in [2.24, 2.45) is 17.6 Å². The molecule has 2 N–H and O–H groups in total. The standard InChI is InChI=1S/C16H24N2O/c1-12(17)19-16-8-6-15(7-9-16)18-10-13-4-2-3-5-14(13)11-18/h6-9,12-14H,2-5,10-11,17H2,1H3. The fraction of sp³-hybridized carbons (Fsp3) is 0.625. The summed E-state index contributed by atoms with van der Waals surface area (Å²) in [6, 6.07) is 8.38. The first-order valence-corrected chi connectivity index (χ1v) is 7.49. The molecule has 0 amide bonds. The lowest BCUT2D eigenvalue weighted by Crippen LogP contribution is -2.22. The lowest BCUT2D eigenvalue weighted by molar-refractivity contribution is 0.230. The number of rotatable bonds is 3. The van der Waals surface area contributed by atoms with E-state index in [1.54, 1.807) is 0 Å². The normalized spacial score (nSPS) is 28.0. The van der Waals surface area contributed by atoms with Gasteiger partial charge in [-0.25, -0.2) is 0 Å². The van der Waals surface area contributed by atoms with Gasteiger partial charge in [0.2, 0.25) is 0 Å². The molecule has 104 valence electrons. The van der Waals surface area contributed by atoms with Gasteiger partial charge in [-0.1, -0.05) is 12.8 Å². The third kappa shape index (κ3) is 2.86. The minimum Gasteiger partial charge on any atom is -0.476 e. The molecule has 3 heteroatoms. The van der Waals surface area contributed by atoms with Gasteiger partial charge < -0.3 is 9.64 Å². The molecule has 1 aliphatic heterocycles. The first-order chi connectivity index (χ1) is 9.22. The van der Waals surface area contributed by atoms with Crippen LogP contribution in [0.2, 0.25) is 0 Å². The summed E-state index contributed by atoms with van der Waals surface area (Å²) in [5, 5.41) is 0. The fourth-order valence-corrected chi connectivity index (χ4v) is 3.57. The summed E-state index contributed by atoms with van der Waals surface area (Å²) in [5.41, 5.74) is 6.96. The van der Waals surface area contributed by atoms with E-state index in [4.69, 9.17) is 10.5 Å². The largest absolute Gasteiger partial charge is 0.476 e. The smallest absolute Gasteiger partial charge is 0.144 e. The number of ether oxygens (including phenoxy) is 1. The van der Waals surface area contributed by atoms with Crippen LogP contribution in [0, 0.1) is 11.8 Å². The maximum atomic E-state index is 5.63. The van der Waals surface area contributed by atoms with Crippen LogP contribution in [0.1, 0.15) is 32.6 Å². The zero-order chi connectivity index (χ0) is 13.2. The molecule has 1 aromatic carbocycles. The summed E-state index contributed by atoms with van der Waals surface area (Å²) >= 11 is 0. The van der Waals surface area contributed by atoms with Crippen molar-refractivity contribution < 1.29 is 4.74 Å². The molecular weight excluding hydrogens is 236 g/mol. The van der Waals surface area contributed by atoms with E-state index >= 15 is 0 Å². The van der Waals surface area contributed by atoms with Gasteiger partial charge in [-0.05, 0) is 55.9 Å². The van der Waals surface area contributed by atoms with E-state index in [-0.39, 0.29) is 6.23 Å². The molecule has 1 heterocycles. The number of hydrogen-bond acceptors (Lipinski definition) is 3. The highest BCUT2D eigenvalue weighted by Crippen LogP contribution is 2.38. The van der Waals surface area contributed by atoms with Crippen LogP contribution in [0.15, 0.2) is 24.3 Å². The zero-order valence-corrected chi connectivity index (χ0v) is 11.7. The molecule has 0 spiro atoms. The van der Waals surface area contributed by atoms with Gasteiger partial charge in [0.05, 0.1) is 0 Å². The molecule has 3 atom stereocenters. The minimum absolute atomic E-state index is 0.250. The maximum Gasteiger partial charge on any atom is 0.144 e. The summed E-state index contributed by atoms with van der Waals surface area (Å²) < 4.78 is 5.49. The molecule has 1 aliphatic carbocycles.